The van der Waals surface area contributed by atoms with Crippen molar-refractivity contribution in [1.82, 2.24) is 9.55 Å². The first-order chi connectivity index (χ1) is 25.3. The van der Waals surface area contributed by atoms with Crippen LogP contribution in [0.4, 0.5) is 0 Å². The van der Waals surface area contributed by atoms with E-state index in [2.05, 4.69) is 199 Å². The van der Waals surface area contributed by atoms with Crippen LogP contribution in [0.3, 0.4) is 0 Å². The van der Waals surface area contributed by atoms with Gasteiger partial charge in [0.25, 0.3) is 0 Å². The van der Waals surface area contributed by atoms with Gasteiger partial charge in [-0.3, -0.25) is 4.57 Å². The third-order valence-corrected chi connectivity index (χ3v) is 10.2. The standard InChI is InChI=1S/C49H32N2/c1-3-13-33(14-4-1)38-29-30-43-44(32-38)47(41-19-9-10-20-42(41)48(43)39-28-23-34-15-7-8-16-37(34)31-39)35-24-26-36(27-25-35)49-50-45-21-11-12-22-46(45)51(49)40-17-5-2-6-18-40/h1-32H. The summed E-state index contributed by atoms with van der Waals surface area (Å²) in [5, 5.41) is 7.46. The largest absolute Gasteiger partial charge is 0.292 e. The fraction of sp³-hybridized carbons (Fsp3) is 0. The van der Waals surface area contributed by atoms with E-state index in [1.54, 1.807) is 0 Å². The highest BCUT2D eigenvalue weighted by molar-refractivity contribution is 6.22. The van der Waals surface area contributed by atoms with Crippen molar-refractivity contribution in [3.63, 3.8) is 0 Å². The maximum Gasteiger partial charge on any atom is 0.145 e. The lowest BCUT2D eigenvalue weighted by atomic mass is 9.84. The minimum Gasteiger partial charge on any atom is -0.292 e. The van der Waals surface area contributed by atoms with Crippen molar-refractivity contribution >= 4 is 43.4 Å². The molecule has 1 aromatic heterocycles. The Kier molecular flexibility index (Phi) is 6.85. The molecule has 51 heavy (non-hydrogen) atoms. The van der Waals surface area contributed by atoms with Crippen molar-refractivity contribution in [2.24, 2.45) is 0 Å². The van der Waals surface area contributed by atoms with Crippen LogP contribution in [0.2, 0.25) is 0 Å². The van der Waals surface area contributed by atoms with E-state index in [9.17, 15) is 0 Å². The highest BCUT2D eigenvalue weighted by Crippen LogP contribution is 2.45. The third kappa shape index (κ3) is 4.92. The molecule has 10 rings (SSSR count). The van der Waals surface area contributed by atoms with Crippen molar-refractivity contribution in [3.8, 4) is 50.5 Å². The van der Waals surface area contributed by atoms with Crippen LogP contribution >= 0.6 is 0 Å². The van der Waals surface area contributed by atoms with Crippen LogP contribution in [-0.4, -0.2) is 9.55 Å². The molecule has 238 valence electrons. The highest BCUT2D eigenvalue weighted by Gasteiger charge is 2.19. The molecule has 1 heterocycles. The van der Waals surface area contributed by atoms with Crippen molar-refractivity contribution in [2.45, 2.75) is 0 Å². The van der Waals surface area contributed by atoms with Crippen LogP contribution < -0.4 is 0 Å². The molecular weight excluding hydrogens is 617 g/mol. The van der Waals surface area contributed by atoms with Gasteiger partial charge in [0.1, 0.15) is 5.82 Å². The van der Waals surface area contributed by atoms with E-state index in [1.165, 1.54) is 65.7 Å². The van der Waals surface area contributed by atoms with Gasteiger partial charge in [-0.25, -0.2) is 4.98 Å². The molecule has 0 amide bonds. The summed E-state index contributed by atoms with van der Waals surface area (Å²) in [6, 6.07) is 70.0. The zero-order valence-corrected chi connectivity index (χ0v) is 27.9. The molecule has 9 aromatic carbocycles. The smallest absolute Gasteiger partial charge is 0.145 e. The molecule has 0 fully saturated rings. The predicted molar refractivity (Wildman–Crippen MR) is 215 cm³/mol. The van der Waals surface area contributed by atoms with Gasteiger partial charge in [-0.2, -0.15) is 0 Å². The van der Waals surface area contributed by atoms with Gasteiger partial charge in [0, 0.05) is 11.3 Å². The van der Waals surface area contributed by atoms with Gasteiger partial charge in [-0.1, -0.05) is 158 Å². The van der Waals surface area contributed by atoms with Gasteiger partial charge in [-0.05, 0) is 102 Å². The van der Waals surface area contributed by atoms with Crippen LogP contribution in [0, 0.1) is 0 Å². The zero-order chi connectivity index (χ0) is 33.7. The lowest BCUT2D eigenvalue weighted by Gasteiger charge is -2.19. The van der Waals surface area contributed by atoms with Gasteiger partial charge < -0.3 is 0 Å². The second kappa shape index (κ2) is 12.0. The average Bonchev–Trinajstić information content (AvgIpc) is 3.60. The SMILES string of the molecule is c1ccc(-c2ccc3c(-c4ccc5ccccc5c4)c4ccccc4c(-c4ccc(-c5nc6ccccc6n5-c5ccccc5)cc4)c3c2)cc1. The molecule has 0 bridgehead atoms. The second-order valence-corrected chi connectivity index (χ2v) is 13.2. The molecule has 10 aromatic rings. The number of nitrogens with zero attached hydrogens (tertiary/aromatic N) is 2. The Morgan fingerprint density at radius 3 is 1.69 bits per heavy atom. The molecule has 0 saturated carbocycles. The van der Waals surface area contributed by atoms with Crippen molar-refractivity contribution in [1.29, 1.82) is 0 Å². The second-order valence-electron chi connectivity index (χ2n) is 13.2. The first kappa shape index (κ1) is 29.2. The summed E-state index contributed by atoms with van der Waals surface area (Å²) in [6.07, 6.45) is 0. The Hall–Kier alpha value is -6.77. The summed E-state index contributed by atoms with van der Waals surface area (Å²) in [4.78, 5) is 5.14. The summed E-state index contributed by atoms with van der Waals surface area (Å²) in [5.41, 5.74) is 11.6. The first-order valence-electron chi connectivity index (χ1n) is 17.5. The molecule has 0 saturated heterocycles. The van der Waals surface area contributed by atoms with Gasteiger partial charge >= 0.3 is 0 Å². The Balaban J connectivity index is 1.22. The summed E-state index contributed by atoms with van der Waals surface area (Å²) in [5.74, 6) is 0.932. The van der Waals surface area contributed by atoms with Crippen LogP contribution in [0.25, 0.3) is 93.8 Å². The number of hydrogen-bond donors (Lipinski definition) is 0. The zero-order valence-electron chi connectivity index (χ0n) is 27.9. The fourth-order valence-electron chi connectivity index (χ4n) is 7.80. The topological polar surface area (TPSA) is 17.8 Å². The normalized spacial score (nSPS) is 11.5. The van der Waals surface area contributed by atoms with E-state index < -0.39 is 0 Å². The van der Waals surface area contributed by atoms with Gasteiger partial charge in [0.05, 0.1) is 11.0 Å². The Morgan fingerprint density at radius 2 is 0.902 bits per heavy atom. The molecule has 0 atom stereocenters. The number of rotatable bonds is 5. The van der Waals surface area contributed by atoms with Crippen LogP contribution in [0.5, 0.6) is 0 Å². The summed E-state index contributed by atoms with van der Waals surface area (Å²) in [6.45, 7) is 0. The predicted octanol–water partition coefficient (Wildman–Crippen LogP) is 13.2. The number of hydrogen-bond acceptors (Lipinski definition) is 1. The molecule has 0 N–H and O–H groups in total. The number of aromatic nitrogens is 2. The Morgan fingerprint density at radius 1 is 0.333 bits per heavy atom. The van der Waals surface area contributed by atoms with Crippen LogP contribution in [0.1, 0.15) is 0 Å². The molecule has 0 aliphatic heterocycles. The number of imidazole rings is 1. The van der Waals surface area contributed by atoms with E-state index in [-0.39, 0.29) is 0 Å². The number of para-hydroxylation sites is 3. The third-order valence-electron chi connectivity index (χ3n) is 10.2. The quantitative estimate of drug-likeness (QED) is 0.170. The molecule has 0 aliphatic rings. The minimum atomic E-state index is 0.932. The maximum atomic E-state index is 5.14. The Labute approximate surface area is 296 Å². The van der Waals surface area contributed by atoms with Crippen LogP contribution in [0.15, 0.2) is 194 Å². The molecule has 0 unspecified atom stereocenters. The van der Waals surface area contributed by atoms with Crippen molar-refractivity contribution < 1.29 is 0 Å². The lowest BCUT2D eigenvalue weighted by Crippen LogP contribution is -1.97. The molecule has 0 spiro atoms. The Bertz CT molecular complexity index is 2880. The van der Waals surface area contributed by atoms with E-state index in [0.29, 0.717) is 0 Å². The average molecular weight is 649 g/mol. The molecule has 0 aliphatic carbocycles. The van der Waals surface area contributed by atoms with E-state index in [4.69, 9.17) is 4.98 Å². The van der Waals surface area contributed by atoms with Gasteiger partial charge in [-0.15, -0.1) is 0 Å². The summed E-state index contributed by atoms with van der Waals surface area (Å²) in [7, 11) is 0. The fourth-order valence-corrected chi connectivity index (χ4v) is 7.80. The van der Waals surface area contributed by atoms with E-state index in [1.807, 2.05) is 0 Å². The lowest BCUT2D eigenvalue weighted by molar-refractivity contribution is 1.10. The number of benzene rings is 9. The first-order valence-corrected chi connectivity index (χ1v) is 17.5. The van der Waals surface area contributed by atoms with E-state index >= 15 is 0 Å². The monoisotopic (exact) mass is 648 g/mol. The summed E-state index contributed by atoms with van der Waals surface area (Å²) < 4.78 is 2.26. The maximum absolute atomic E-state index is 5.14. The molecule has 0 radical (unpaired) electrons. The number of fused-ring (bicyclic) bond motifs is 4. The van der Waals surface area contributed by atoms with Crippen molar-refractivity contribution in [3.05, 3.63) is 194 Å². The molecule has 2 nitrogen and oxygen atoms in total. The van der Waals surface area contributed by atoms with Crippen LogP contribution in [-0.2, 0) is 0 Å². The van der Waals surface area contributed by atoms with Gasteiger partial charge in [0.2, 0.25) is 0 Å². The van der Waals surface area contributed by atoms with Gasteiger partial charge in [0.15, 0.2) is 0 Å². The summed E-state index contributed by atoms with van der Waals surface area (Å²) >= 11 is 0. The molecule has 2 heteroatoms. The van der Waals surface area contributed by atoms with E-state index in [0.717, 1.165) is 28.1 Å². The molecular formula is C49H32N2. The van der Waals surface area contributed by atoms with Crippen molar-refractivity contribution in [2.75, 3.05) is 0 Å². The minimum absolute atomic E-state index is 0.932. The highest BCUT2D eigenvalue weighted by atomic mass is 15.1.